The fourth-order valence-corrected chi connectivity index (χ4v) is 3.80. The number of thiazole rings is 1. The molecular formula is C25H17N3O4S. The molecule has 7 nitrogen and oxygen atoms in total. The lowest BCUT2D eigenvalue weighted by atomic mass is 10.1. The lowest BCUT2D eigenvalue weighted by molar-refractivity contribution is -0.112. The Bertz CT molecular complexity index is 1380. The van der Waals surface area contributed by atoms with Crippen LogP contribution in [-0.2, 0) is 9.53 Å². The minimum Gasteiger partial charge on any atom is -0.465 e. The van der Waals surface area contributed by atoms with E-state index in [0.29, 0.717) is 27.8 Å². The lowest BCUT2D eigenvalue weighted by Crippen LogP contribution is -2.13. The second-order valence-electron chi connectivity index (χ2n) is 6.77. The molecule has 2 heterocycles. The van der Waals surface area contributed by atoms with Crippen LogP contribution in [0.2, 0.25) is 0 Å². The average molecular weight is 455 g/mol. The summed E-state index contributed by atoms with van der Waals surface area (Å²) in [4.78, 5) is 29.0. The number of ether oxygens (including phenoxy) is 1. The number of benzene rings is 2. The summed E-state index contributed by atoms with van der Waals surface area (Å²) in [7, 11) is 1.30. The fourth-order valence-electron chi connectivity index (χ4n) is 3.09. The normalized spacial score (nSPS) is 11.0. The van der Waals surface area contributed by atoms with E-state index in [2.05, 4.69) is 10.3 Å². The first kappa shape index (κ1) is 21.7. The zero-order valence-corrected chi connectivity index (χ0v) is 18.3. The van der Waals surface area contributed by atoms with Crippen LogP contribution in [0.5, 0.6) is 0 Å². The third-order valence-electron chi connectivity index (χ3n) is 4.67. The van der Waals surface area contributed by atoms with Crippen LogP contribution in [0, 0.1) is 11.3 Å². The van der Waals surface area contributed by atoms with Crippen molar-refractivity contribution in [3.05, 3.63) is 89.0 Å². The molecule has 0 aliphatic carbocycles. The fraction of sp³-hybridized carbons (Fsp3) is 0.0400. The highest BCUT2D eigenvalue weighted by atomic mass is 32.1. The Hall–Kier alpha value is -4.48. The Labute approximate surface area is 193 Å². The summed E-state index contributed by atoms with van der Waals surface area (Å²) in [6, 6.07) is 21.6. The molecule has 1 amide bonds. The maximum Gasteiger partial charge on any atom is 0.338 e. The van der Waals surface area contributed by atoms with Crippen molar-refractivity contribution in [1.29, 1.82) is 5.26 Å². The van der Waals surface area contributed by atoms with E-state index in [1.54, 1.807) is 36.4 Å². The first-order valence-corrected chi connectivity index (χ1v) is 10.7. The molecule has 162 valence electrons. The summed E-state index contributed by atoms with van der Waals surface area (Å²) >= 11 is 1.27. The highest BCUT2D eigenvalue weighted by Crippen LogP contribution is 2.28. The van der Waals surface area contributed by atoms with Crippen LogP contribution in [0.25, 0.3) is 28.7 Å². The van der Waals surface area contributed by atoms with Gasteiger partial charge in [0.15, 0.2) is 5.13 Å². The van der Waals surface area contributed by atoms with E-state index in [4.69, 9.17) is 9.15 Å². The number of anilines is 1. The molecule has 0 unspecified atom stereocenters. The highest BCUT2D eigenvalue weighted by Gasteiger charge is 2.17. The zero-order chi connectivity index (χ0) is 23.2. The van der Waals surface area contributed by atoms with Gasteiger partial charge in [0.2, 0.25) is 0 Å². The van der Waals surface area contributed by atoms with Crippen LogP contribution < -0.4 is 5.32 Å². The number of carbonyl (C=O) groups excluding carboxylic acids is 2. The number of aromatic nitrogens is 1. The Morgan fingerprint density at radius 1 is 1.09 bits per heavy atom. The molecule has 0 saturated heterocycles. The molecule has 0 bridgehead atoms. The number of hydrogen-bond acceptors (Lipinski definition) is 7. The minimum absolute atomic E-state index is 0.145. The molecule has 4 aromatic rings. The van der Waals surface area contributed by atoms with Crippen molar-refractivity contribution in [2.75, 3.05) is 12.4 Å². The number of nitrogens with one attached hydrogen (secondary N) is 1. The van der Waals surface area contributed by atoms with E-state index >= 15 is 0 Å². The highest BCUT2D eigenvalue weighted by molar-refractivity contribution is 7.14. The van der Waals surface area contributed by atoms with Gasteiger partial charge >= 0.3 is 5.97 Å². The number of rotatable bonds is 6. The molecule has 2 aromatic heterocycles. The molecule has 0 atom stereocenters. The van der Waals surface area contributed by atoms with Crippen LogP contribution in [-0.4, -0.2) is 24.0 Å². The van der Waals surface area contributed by atoms with E-state index in [1.165, 1.54) is 24.5 Å². The second kappa shape index (κ2) is 9.77. The van der Waals surface area contributed by atoms with Gasteiger partial charge in [-0.3, -0.25) is 10.1 Å². The largest absolute Gasteiger partial charge is 0.465 e. The molecular weight excluding hydrogens is 438 g/mol. The van der Waals surface area contributed by atoms with Gasteiger partial charge in [-0.2, -0.15) is 5.26 Å². The summed E-state index contributed by atoms with van der Waals surface area (Å²) in [5.41, 5.74) is 2.41. The third-order valence-corrected chi connectivity index (χ3v) is 5.43. The van der Waals surface area contributed by atoms with Gasteiger partial charge in [0.25, 0.3) is 5.91 Å². The molecule has 33 heavy (non-hydrogen) atoms. The number of nitriles is 1. The first-order chi connectivity index (χ1) is 16.1. The number of carbonyl (C=O) groups is 2. The van der Waals surface area contributed by atoms with Crippen LogP contribution in [0.4, 0.5) is 5.13 Å². The molecule has 2 aromatic carbocycles. The number of nitrogens with zero attached hydrogens (tertiary/aromatic N) is 2. The predicted molar refractivity (Wildman–Crippen MR) is 125 cm³/mol. The third kappa shape index (κ3) is 4.89. The summed E-state index contributed by atoms with van der Waals surface area (Å²) in [6.45, 7) is 0. The number of hydrogen-bond donors (Lipinski definition) is 1. The van der Waals surface area contributed by atoms with Crippen molar-refractivity contribution in [1.82, 2.24) is 4.98 Å². The predicted octanol–water partition coefficient (Wildman–Crippen LogP) is 5.40. The quantitative estimate of drug-likeness (QED) is 0.237. The van der Waals surface area contributed by atoms with Crippen molar-refractivity contribution < 1.29 is 18.7 Å². The Morgan fingerprint density at radius 2 is 1.85 bits per heavy atom. The first-order valence-electron chi connectivity index (χ1n) is 9.80. The van der Waals surface area contributed by atoms with Gasteiger partial charge in [0.1, 0.15) is 23.2 Å². The van der Waals surface area contributed by atoms with Crippen molar-refractivity contribution in [2.45, 2.75) is 0 Å². The number of methoxy groups -OCH3 is 1. The molecule has 1 N–H and O–H groups in total. The Balaban J connectivity index is 1.53. The van der Waals surface area contributed by atoms with Crippen molar-refractivity contribution in [3.63, 3.8) is 0 Å². The molecule has 8 heteroatoms. The van der Waals surface area contributed by atoms with Crippen molar-refractivity contribution in [2.24, 2.45) is 0 Å². The topological polar surface area (TPSA) is 105 Å². The van der Waals surface area contributed by atoms with Gasteiger partial charge in [-0.1, -0.05) is 48.5 Å². The minimum atomic E-state index is -0.598. The average Bonchev–Trinajstić information content (AvgIpc) is 3.52. The number of furan rings is 1. The molecule has 0 spiro atoms. The molecule has 0 saturated carbocycles. The number of amides is 1. The van der Waals surface area contributed by atoms with Gasteiger partial charge in [-0.05, 0) is 18.2 Å². The zero-order valence-electron chi connectivity index (χ0n) is 17.4. The van der Waals surface area contributed by atoms with Crippen LogP contribution in [0.15, 0.2) is 82.1 Å². The van der Waals surface area contributed by atoms with E-state index in [1.807, 2.05) is 41.8 Å². The summed E-state index contributed by atoms with van der Waals surface area (Å²) in [6.07, 6.45) is 1.34. The lowest BCUT2D eigenvalue weighted by Gasteiger charge is -2.04. The van der Waals surface area contributed by atoms with Gasteiger partial charge in [0.05, 0.1) is 18.4 Å². The van der Waals surface area contributed by atoms with Gasteiger partial charge < -0.3 is 9.15 Å². The molecule has 0 radical (unpaired) electrons. The second-order valence-corrected chi connectivity index (χ2v) is 7.63. The maximum absolute atomic E-state index is 12.6. The van der Waals surface area contributed by atoms with E-state index in [-0.39, 0.29) is 5.57 Å². The van der Waals surface area contributed by atoms with Crippen LogP contribution >= 0.6 is 11.3 Å². The Kier molecular flexibility index (Phi) is 6.43. The molecule has 4 rings (SSSR count). The van der Waals surface area contributed by atoms with Gasteiger partial charge in [0, 0.05) is 22.6 Å². The smallest absolute Gasteiger partial charge is 0.338 e. The van der Waals surface area contributed by atoms with E-state index in [0.717, 1.165) is 11.3 Å². The summed E-state index contributed by atoms with van der Waals surface area (Å²) in [5, 5.41) is 14.4. The summed E-state index contributed by atoms with van der Waals surface area (Å²) in [5.74, 6) is -0.387. The molecule has 0 aliphatic heterocycles. The number of esters is 1. The van der Waals surface area contributed by atoms with Crippen LogP contribution in [0.1, 0.15) is 16.1 Å². The van der Waals surface area contributed by atoms with Crippen LogP contribution in [0.3, 0.4) is 0 Å². The monoisotopic (exact) mass is 455 g/mol. The van der Waals surface area contributed by atoms with Gasteiger partial charge in [-0.15, -0.1) is 11.3 Å². The van der Waals surface area contributed by atoms with Crippen molar-refractivity contribution >= 4 is 34.4 Å². The van der Waals surface area contributed by atoms with Gasteiger partial charge in [-0.25, -0.2) is 9.78 Å². The van der Waals surface area contributed by atoms with E-state index < -0.39 is 11.9 Å². The maximum atomic E-state index is 12.6. The summed E-state index contributed by atoms with van der Waals surface area (Å²) < 4.78 is 10.6. The van der Waals surface area contributed by atoms with E-state index in [9.17, 15) is 14.9 Å². The standard InChI is InChI=1S/C25H17N3O4S/c1-31-24(30)20-10-6-5-9-19(20)22-12-11-18(32-22)13-17(14-26)23(29)28-25-27-21(15-33-25)16-7-3-2-4-8-16/h2-13,15H,1H3,(H,27,28,29)/b17-13-. The van der Waals surface area contributed by atoms with Crippen molar-refractivity contribution in [3.8, 4) is 28.7 Å². The SMILES string of the molecule is COC(=O)c1ccccc1-c1ccc(/C=C(/C#N)C(=O)Nc2nc(-c3ccccc3)cs2)o1. The molecule has 0 fully saturated rings. The molecule has 0 aliphatic rings. The Morgan fingerprint density at radius 3 is 2.61 bits per heavy atom.